The van der Waals surface area contributed by atoms with E-state index in [-0.39, 0.29) is 0 Å². The second kappa shape index (κ2) is 16.3. The number of benzene rings is 2. The number of para-hydroxylation sites is 2. The molecule has 0 heterocycles. The Hall–Kier alpha value is -2.38. The highest BCUT2D eigenvalue weighted by Gasteiger charge is 2.30. The van der Waals surface area contributed by atoms with Crippen molar-refractivity contribution in [2.24, 2.45) is 5.73 Å². The summed E-state index contributed by atoms with van der Waals surface area (Å²) in [5.74, 6) is -0.253. The summed E-state index contributed by atoms with van der Waals surface area (Å²) in [6, 6.07) is 16.8. The minimum atomic E-state index is -3.72. The first kappa shape index (κ1) is 27.7. The molecule has 0 amide bonds. The maximum atomic E-state index is 13.0. The molecule has 2 aromatic carbocycles. The maximum absolute atomic E-state index is 13.0. The topological polar surface area (TPSA) is 128 Å². The van der Waals surface area contributed by atoms with Gasteiger partial charge in [0, 0.05) is 0 Å². The van der Waals surface area contributed by atoms with Crippen LogP contribution in [0.1, 0.15) is 45.4 Å². The molecule has 178 valence electrons. The van der Waals surface area contributed by atoms with Crippen LogP contribution < -0.4 is 14.8 Å². The molecule has 0 fully saturated rings. The van der Waals surface area contributed by atoms with E-state index >= 15 is 0 Å². The number of hydrogen-bond acceptors (Lipinski definition) is 7. The summed E-state index contributed by atoms with van der Waals surface area (Å²) in [5, 5.41) is 15.9. The monoisotopic (exact) mass is 467 g/mol. The second-order valence-electron chi connectivity index (χ2n) is 6.98. The first-order valence-electron chi connectivity index (χ1n) is 10.7. The minimum absolute atomic E-state index is 0.350. The summed E-state index contributed by atoms with van der Waals surface area (Å²) in [6.45, 7) is 2.04. The van der Waals surface area contributed by atoms with Gasteiger partial charge in [-0.05, 0) is 30.7 Å². The van der Waals surface area contributed by atoms with Gasteiger partial charge in [0.05, 0.1) is 13.2 Å². The number of nitrogens with two attached hydrogens (primary N) is 1. The van der Waals surface area contributed by atoms with Gasteiger partial charge in [-0.15, -0.1) is 0 Å². The molecule has 0 saturated carbocycles. The van der Waals surface area contributed by atoms with Crippen molar-refractivity contribution in [3.05, 3.63) is 60.7 Å². The Labute approximate surface area is 189 Å². The van der Waals surface area contributed by atoms with Crippen molar-refractivity contribution in [3.63, 3.8) is 0 Å². The van der Waals surface area contributed by atoms with Crippen LogP contribution in [0.3, 0.4) is 0 Å². The van der Waals surface area contributed by atoms with Gasteiger partial charge >= 0.3 is 13.8 Å². The fraction of sp³-hybridized carbons (Fsp3) is 0.435. The standard InChI is InChI=1S/C20H27O4P.C3H7NO3/c1-2-3-4-5-6-13-18-22-25(21,23-19-14-9-7-10-15-19)24-20-16-11-8-12-17-20;4-2(1-5)3(6)7/h7-12,14-17H,2-6,13,18H2,1H3;2,5H,1,4H2,(H,6,7)/t;2-/m.0/s1. The molecule has 0 unspecified atom stereocenters. The maximum Gasteiger partial charge on any atom is 0.587 e. The Morgan fingerprint density at radius 1 is 0.906 bits per heavy atom. The molecule has 2 rings (SSSR count). The largest absolute Gasteiger partial charge is 0.587 e. The fourth-order valence-electron chi connectivity index (χ4n) is 2.43. The third-order valence-corrected chi connectivity index (χ3v) is 5.55. The highest BCUT2D eigenvalue weighted by atomic mass is 31.2. The molecule has 0 aliphatic rings. The zero-order valence-electron chi connectivity index (χ0n) is 18.5. The Morgan fingerprint density at radius 2 is 1.38 bits per heavy atom. The van der Waals surface area contributed by atoms with Crippen molar-refractivity contribution in [2.75, 3.05) is 13.2 Å². The number of phosphoric acid groups is 1. The van der Waals surface area contributed by atoms with Crippen LogP contribution in [0, 0.1) is 0 Å². The van der Waals surface area contributed by atoms with Crippen LogP contribution in [-0.4, -0.2) is 35.4 Å². The van der Waals surface area contributed by atoms with Crippen molar-refractivity contribution < 1.29 is 33.1 Å². The highest BCUT2D eigenvalue weighted by molar-refractivity contribution is 7.49. The van der Waals surface area contributed by atoms with E-state index in [1.54, 1.807) is 24.3 Å². The predicted molar refractivity (Wildman–Crippen MR) is 124 cm³/mol. The third-order valence-electron chi connectivity index (χ3n) is 4.18. The van der Waals surface area contributed by atoms with Crippen molar-refractivity contribution in [1.29, 1.82) is 0 Å². The van der Waals surface area contributed by atoms with Gasteiger partial charge in [-0.25, -0.2) is 4.57 Å². The average molecular weight is 467 g/mol. The van der Waals surface area contributed by atoms with Crippen LogP contribution in [-0.2, 0) is 13.9 Å². The lowest BCUT2D eigenvalue weighted by atomic mass is 10.1. The van der Waals surface area contributed by atoms with Crippen molar-refractivity contribution >= 4 is 13.8 Å². The fourth-order valence-corrected chi connectivity index (χ4v) is 3.68. The second-order valence-corrected chi connectivity index (χ2v) is 8.50. The molecule has 2 aromatic rings. The molecular formula is C23H34NO7P. The van der Waals surface area contributed by atoms with Gasteiger partial charge in [-0.3, -0.25) is 9.32 Å². The molecule has 0 aromatic heterocycles. The van der Waals surface area contributed by atoms with Gasteiger partial charge < -0.3 is 25.0 Å². The van der Waals surface area contributed by atoms with Crippen LogP contribution in [0.25, 0.3) is 0 Å². The third kappa shape index (κ3) is 12.5. The molecule has 8 nitrogen and oxygen atoms in total. The van der Waals surface area contributed by atoms with Crippen molar-refractivity contribution in [2.45, 2.75) is 51.5 Å². The van der Waals surface area contributed by atoms with Gasteiger partial charge in [0.15, 0.2) is 0 Å². The molecule has 0 radical (unpaired) electrons. The number of carboxylic acids is 1. The van der Waals surface area contributed by atoms with E-state index in [2.05, 4.69) is 6.92 Å². The molecule has 0 aliphatic carbocycles. The number of carbonyl (C=O) groups is 1. The Bertz CT molecular complexity index is 744. The normalized spacial score (nSPS) is 11.7. The van der Waals surface area contributed by atoms with E-state index in [1.165, 1.54) is 25.7 Å². The number of phosphoric ester groups is 1. The quantitative estimate of drug-likeness (QED) is 0.261. The van der Waals surface area contributed by atoms with E-state index < -0.39 is 26.4 Å². The molecular weight excluding hydrogens is 433 g/mol. The summed E-state index contributed by atoms with van der Waals surface area (Å²) in [4.78, 5) is 9.65. The number of rotatable bonds is 14. The zero-order valence-corrected chi connectivity index (χ0v) is 19.4. The number of hydrogen-bond donors (Lipinski definition) is 3. The SMILES string of the molecule is CCCCCCCCOP(=O)(Oc1ccccc1)Oc1ccccc1.N[C@@H](CO)C(=O)O. The van der Waals surface area contributed by atoms with E-state index in [9.17, 15) is 9.36 Å². The van der Waals surface area contributed by atoms with Gasteiger partial charge in [-0.2, -0.15) is 0 Å². The summed E-state index contributed by atoms with van der Waals surface area (Å²) in [5.41, 5.74) is 4.77. The lowest BCUT2D eigenvalue weighted by Gasteiger charge is -2.19. The van der Waals surface area contributed by atoms with Crippen LogP contribution in [0.2, 0.25) is 0 Å². The first-order chi connectivity index (χ1) is 15.4. The summed E-state index contributed by atoms with van der Waals surface area (Å²) < 4.78 is 29.7. The van der Waals surface area contributed by atoms with Crippen molar-refractivity contribution in [3.8, 4) is 11.5 Å². The van der Waals surface area contributed by atoms with E-state index in [0.717, 1.165) is 12.8 Å². The average Bonchev–Trinajstić information content (AvgIpc) is 2.79. The number of carboxylic acid groups (broad SMARTS) is 1. The minimum Gasteiger partial charge on any atom is -0.480 e. The predicted octanol–water partition coefficient (Wildman–Crippen LogP) is 5.02. The summed E-state index contributed by atoms with van der Waals surface area (Å²) in [7, 11) is -3.72. The van der Waals surface area contributed by atoms with Gasteiger partial charge in [0.1, 0.15) is 17.5 Å². The Kier molecular flexibility index (Phi) is 14.1. The smallest absolute Gasteiger partial charge is 0.480 e. The molecule has 0 saturated heterocycles. The lowest BCUT2D eigenvalue weighted by Crippen LogP contribution is -2.33. The van der Waals surface area contributed by atoms with Crippen LogP contribution in [0.4, 0.5) is 0 Å². The molecule has 0 aliphatic heterocycles. The van der Waals surface area contributed by atoms with Crippen LogP contribution in [0.5, 0.6) is 11.5 Å². The molecule has 0 bridgehead atoms. The van der Waals surface area contributed by atoms with E-state index in [4.69, 9.17) is 29.5 Å². The van der Waals surface area contributed by atoms with Crippen LogP contribution >= 0.6 is 7.82 Å². The number of aliphatic hydroxyl groups is 1. The summed E-state index contributed by atoms with van der Waals surface area (Å²) in [6.07, 6.45) is 6.77. The highest BCUT2D eigenvalue weighted by Crippen LogP contribution is 2.49. The van der Waals surface area contributed by atoms with E-state index in [0.29, 0.717) is 18.1 Å². The molecule has 1 atom stereocenters. The van der Waals surface area contributed by atoms with Gasteiger partial charge in [-0.1, -0.05) is 75.4 Å². The number of aliphatic carboxylic acids is 1. The number of aliphatic hydroxyl groups excluding tert-OH is 1. The molecule has 0 spiro atoms. The lowest BCUT2D eigenvalue weighted by molar-refractivity contribution is -0.139. The first-order valence-corrected chi connectivity index (χ1v) is 12.2. The summed E-state index contributed by atoms with van der Waals surface area (Å²) >= 11 is 0. The molecule has 9 heteroatoms. The Balaban J connectivity index is 0.000000633. The van der Waals surface area contributed by atoms with Crippen LogP contribution in [0.15, 0.2) is 60.7 Å². The molecule has 4 N–H and O–H groups in total. The molecule has 32 heavy (non-hydrogen) atoms. The zero-order chi connectivity index (χ0) is 23.7. The Morgan fingerprint density at radius 3 is 1.78 bits per heavy atom. The van der Waals surface area contributed by atoms with Gasteiger partial charge in [0.25, 0.3) is 0 Å². The van der Waals surface area contributed by atoms with Crippen molar-refractivity contribution in [1.82, 2.24) is 0 Å². The van der Waals surface area contributed by atoms with Gasteiger partial charge in [0.2, 0.25) is 0 Å². The van der Waals surface area contributed by atoms with E-state index in [1.807, 2.05) is 36.4 Å². The number of unbranched alkanes of at least 4 members (excludes halogenated alkanes) is 5.